The van der Waals surface area contributed by atoms with Crippen molar-refractivity contribution in [2.45, 2.75) is 6.54 Å². The number of phenolic OH excluding ortho intramolecular Hbond substituents is 1. The number of nitrogens with zero attached hydrogens (tertiary/aromatic N) is 3. The lowest BCUT2D eigenvalue weighted by Crippen LogP contribution is -2.27. The van der Waals surface area contributed by atoms with E-state index in [2.05, 4.69) is 4.98 Å². The molecule has 1 N–H and O–H groups in total. The van der Waals surface area contributed by atoms with Crippen molar-refractivity contribution in [1.82, 2.24) is 14.5 Å². The first-order chi connectivity index (χ1) is 8.99. The zero-order valence-corrected chi connectivity index (χ0v) is 12.8. The summed E-state index contributed by atoms with van der Waals surface area (Å²) in [5, 5.41) is 9.64. The largest absolute Gasteiger partial charge is 0.507 e. The molecule has 0 aliphatic heterocycles. The lowest BCUT2D eigenvalue weighted by Gasteiger charge is -2.17. The molecule has 100 valence electrons. The third-order valence-corrected chi connectivity index (χ3v) is 3.75. The fraction of sp³-hybridized carbons (Fsp3) is 0.231. The van der Waals surface area contributed by atoms with Crippen molar-refractivity contribution in [3.63, 3.8) is 0 Å². The van der Waals surface area contributed by atoms with Crippen molar-refractivity contribution >= 4 is 28.5 Å². The summed E-state index contributed by atoms with van der Waals surface area (Å²) in [7, 11) is 3.60. The van der Waals surface area contributed by atoms with E-state index >= 15 is 0 Å². The van der Waals surface area contributed by atoms with E-state index in [1.165, 1.54) is 6.07 Å². The van der Waals surface area contributed by atoms with E-state index < -0.39 is 0 Å². The SMILES string of the molecule is CN(Cc1nccn1C)C(=O)c1ccc(I)c(O)c1. The molecule has 0 unspecified atom stereocenters. The number of aromatic nitrogens is 2. The van der Waals surface area contributed by atoms with E-state index in [1.54, 1.807) is 30.3 Å². The lowest BCUT2D eigenvalue weighted by molar-refractivity contribution is 0.0780. The zero-order chi connectivity index (χ0) is 14.0. The van der Waals surface area contributed by atoms with Crippen molar-refractivity contribution in [2.24, 2.45) is 7.05 Å². The molecule has 6 heteroatoms. The smallest absolute Gasteiger partial charge is 0.254 e. The second-order valence-corrected chi connectivity index (χ2v) is 5.44. The van der Waals surface area contributed by atoms with Crippen molar-refractivity contribution in [3.05, 3.63) is 45.6 Å². The number of hydrogen-bond donors (Lipinski definition) is 1. The maximum absolute atomic E-state index is 12.2. The number of phenols is 1. The third kappa shape index (κ3) is 3.06. The Hall–Kier alpha value is -1.57. The van der Waals surface area contributed by atoms with Crippen LogP contribution in [0.15, 0.2) is 30.6 Å². The average molecular weight is 371 g/mol. The third-order valence-electron chi connectivity index (χ3n) is 2.84. The summed E-state index contributed by atoms with van der Waals surface area (Å²) in [5.41, 5.74) is 0.467. The number of amides is 1. The molecule has 1 amide bonds. The fourth-order valence-electron chi connectivity index (χ4n) is 1.70. The maximum atomic E-state index is 12.2. The molecule has 0 saturated heterocycles. The topological polar surface area (TPSA) is 58.4 Å². The number of carbonyl (C=O) groups is 1. The number of aryl methyl sites for hydroxylation is 1. The Kier molecular flexibility index (Phi) is 4.08. The number of hydrogen-bond acceptors (Lipinski definition) is 3. The van der Waals surface area contributed by atoms with Crippen molar-refractivity contribution in [2.75, 3.05) is 7.05 Å². The number of benzene rings is 1. The van der Waals surface area contributed by atoms with Crippen LogP contribution >= 0.6 is 22.6 Å². The highest BCUT2D eigenvalue weighted by Gasteiger charge is 2.15. The average Bonchev–Trinajstić information content (AvgIpc) is 2.77. The summed E-state index contributed by atoms with van der Waals surface area (Å²) in [5.74, 6) is 0.789. The Balaban J connectivity index is 2.15. The molecule has 0 aliphatic carbocycles. The zero-order valence-electron chi connectivity index (χ0n) is 10.7. The minimum Gasteiger partial charge on any atom is -0.507 e. The molecule has 1 aromatic carbocycles. The van der Waals surface area contributed by atoms with Crippen molar-refractivity contribution in [3.8, 4) is 5.75 Å². The van der Waals surface area contributed by atoms with Gasteiger partial charge < -0.3 is 14.6 Å². The van der Waals surface area contributed by atoms with Gasteiger partial charge in [0.2, 0.25) is 0 Å². The Morgan fingerprint density at radius 1 is 1.53 bits per heavy atom. The molecule has 2 rings (SSSR count). The summed E-state index contributed by atoms with van der Waals surface area (Å²) < 4.78 is 2.59. The van der Waals surface area contributed by atoms with E-state index in [0.717, 1.165) is 9.39 Å². The predicted octanol–water partition coefficient (Wildman–Crippen LogP) is 2.00. The summed E-state index contributed by atoms with van der Waals surface area (Å²) in [6.07, 6.45) is 3.54. The van der Waals surface area contributed by atoms with Crippen molar-refractivity contribution in [1.29, 1.82) is 0 Å². The van der Waals surface area contributed by atoms with E-state index in [1.807, 2.05) is 40.4 Å². The van der Waals surface area contributed by atoms with Crippen LogP contribution in [-0.4, -0.2) is 32.5 Å². The van der Waals surface area contributed by atoms with Gasteiger partial charge in [-0.2, -0.15) is 0 Å². The van der Waals surface area contributed by atoms with Crippen LogP contribution in [0.3, 0.4) is 0 Å². The number of rotatable bonds is 3. The minimum absolute atomic E-state index is 0.122. The van der Waals surface area contributed by atoms with Crippen LogP contribution < -0.4 is 0 Å². The summed E-state index contributed by atoms with van der Waals surface area (Å²) in [6, 6.07) is 4.91. The summed E-state index contributed by atoms with van der Waals surface area (Å²) in [6.45, 7) is 0.426. The molecular weight excluding hydrogens is 357 g/mol. The van der Waals surface area contributed by atoms with Crippen LogP contribution in [0.25, 0.3) is 0 Å². The Bertz CT molecular complexity index is 610. The van der Waals surface area contributed by atoms with Gasteiger partial charge in [0, 0.05) is 32.1 Å². The fourth-order valence-corrected chi connectivity index (χ4v) is 2.03. The molecule has 0 spiro atoms. The van der Waals surface area contributed by atoms with Crippen LogP contribution in [0, 0.1) is 3.57 Å². The van der Waals surface area contributed by atoms with E-state index in [4.69, 9.17) is 0 Å². The van der Waals surface area contributed by atoms with Crippen LogP contribution in [-0.2, 0) is 13.6 Å². The Morgan fingerprint density at radius 3 is 2.84 bits per heavy atom. The lowest BCUT2D eigenvalue weighted by atomic mass is 10.2. The molecule has 0 atom stereocenters. The van der Waals surface area contributed by atoms with Gasteiger partial charge >= 0.3 is 0 Å². The molecule has 0 aliphatic rings. The minimum atomic E-state index is -0.144. The second kappa shape index (κ2) is 5.60. The molecular formula is C13H14IN3O2. The normalized spacial score (nSPS) is 10.5. The first-order valence-electron chi connectivity index (χ1n) is 5.69. The van der Waals surface area contributed by atoms with Gasteiger partial charge in [0.05, 0.1) is 10.1 Å². The Morgan fingerprint density at radius 2 is 2.26 bits per heavy atom. The van der Waals surface area contributed by atoms with Gasteiger partial charge in [-0.25, -0.2) is 4.98 Å². The maximum Gasteiger partial charge on any atom is 0.254 e. The van der Waals surface area contributed by atoms with Crippen LogP contribution in [0.4, 0.5) is 0 Å². The monoisotopic (exact) mass is 371 g/mol. The molecule has 0 fully saturated rings. The van der Waals surface area contributed by atoms with Crippen LogP contribution in [0.1, 0.15) is 16.2 Å². The van der Waals surface area contributed by atoms with Gasteiger partial charge in [0.15, 0.2) is 0 Å². The van der Waals surface area contributed by atoms with Gasteiger partial charge in [-0.1, -0.05) is 0 Å². The number of aromatic hydroxyl groups is 1. The van der Waals surface area contributed by atoms with Gasteiger partial charge in [0.1, 0.15) is 11.6 Å². The van der Waals surface area contributed by atoms with E-state index in [9.17, 15) is 9.90 Å². The molecule has 0 radical (unpaired) electrons. The molecule has 1 heterocycles. The van der Waals surface area contributed by atoms with Gasteiger partial charge in [0.25, 0.3) is 5.91 Å². The standard InChI is InChI=1S/C13H14IN3O2/c1-16-6-5-15-12(16)8-17(2)13(19)9-3-4-10(14)11(18)7-9/h3-7,18H,8H2,1-2H3. The highest BCUT2D eigenvalue weighted by atomic mass is 127. The molecule has 1 aromatic heterocycles. The van der Waals surface area contributed by atoms with Crippen molar-refractivity contribution < 1.29 is 9.90 Å². The molecule has 0 bridgehead atoms. The summed E-state index contributed by atoms with van der Waals surface area (Å²) >= 11 is 2.02. The number of halogens is 1. The van der Waals surface area contributed by atoms with Crippen LogP contribution in [0.5, 0.6) is 5.75 Å². The first kappa shape index (κ1) is 13.9. The predicted molar refractivity (Wildman–Crippen MR) is 79.8 cm³/mol. The molecule has 2 aromatic rings. The van der Waals surface area contributed by atoms with Gasteiger partial charge in [-0.15, -0.1) is 0 Å². The molecule has 5 nitrogen and oxygen atoms in total. The Labute approximate surface area is 125 Å². The molecule has 19 heavy (non-hydrogen) atoms. The highest BCUT2D eigenvalue weighted by Crippen LogP contribution is 2.21. The van der Waals surface area contributed by atoms with Gasteiger partial charge in [-0.05, 0) is 40.8 Å². The molecule has 0 saturated carbocycles. The number of carbonyl (C=O) groups excluding carboxylic acids is 1. The first-order valence-corrected chi connectivity index (χ1v) is 6.77. The summed E-state index contributed by atoms with van der Waals surface area (Å²) in [4.78, 5) is 18.0. The second-order valence-electron chi connectivity index (χ2n) is 4.28. The van der Waals surface area contributed by atoms with Gasteiger partial charge in [-0.3, -0.25) is 4.79 Å². The quantitative estimate of drug-likeness (QED) is 0.840. The van der Waals surface area contributed by atoms with Crippen LogP contribution in [0.2, 0.25) is 0 Å². The highest BCUT2D eigenvalue weighted by molar-refractivity contribution is 14.1. The number of imidazole rings is 1. The van der Waals surface area contributed by atoms with E-state index in [-0.39, 0.29) is 11.7 Å². The van der Waals surface area contributed by atoms with E-state index in [0.29, 0.717) is 12.1 Å².